The van der Waals surface area contributed by atoms with Crippen molar-refractivity contribution in [1.29, 1.82) is 10.5 Å². The van der Waals surface area contributed by atoms with E-state index in [1.165, 1.54) is 17.7 Å². The van der Waals surface area contributed by atoms with Crippen LogP contribution in [0.1, 0.15) is 46.8 Å². The summed E-state index contributed by atoms with van der Waals surface area (Å²) in [5.74, 6) is 0.569. The lowest BCUT2D eigenvalue weighted by molar-refractivity contribution is 0.101. The van der Waals surface area contributed by atoms with E-state index in [0.717, 1.165) is 5.56 Å². The molecule has 0 aliphatic carbocycles. The third kappa shape index (κ3) is 4.29. The fourth-order valence-electron chi connectivity index (χ4n) is 3.17. The average molecular weight is 387 g/mol. The van der Waals surface area contributed by atoms with Gasteiger partial charge >= 0.3 is 0 Å². The molecule has 29 heavy (non-hydrogen) atoms. The Morgan fingerprint density at radius 1 is 1.10 bits per heavy atom. The Bertz CT molecular complexity index is 1020. The van der Waals surface area contributed by atoms with Gasteiger partial charge < -0.3 is 9.84 Å². The van der Waals surface area contributed by atoms with Gasteiger partial charge in [0, 0.05) is 6.54 Å². The summed E-state index contributed by atoms with van der Waals surface area (Å²) in [4.78, 5) is 14.3. The number of rotatable bonds is 6. The summed E-state index contributed by atoms with van der Waals surface area (Å²) < 4.78 is 5.83. The van der Waals surface area contributed by atoms with E-state index in [1.54, 1.807) is 11.0 Å². The molecule has 1 heterocycles. The molecule has 0 spiro atoms. The lowest BCUT2D eigenvalue weighted by atomic mass is 10.0. The van der Waals surface area contributed by atoms with Crippen LogP contribution >= 0.6 is 0 Å². The highest BCUT2D eigenvalue weighted by Crippen LogP contribution is 2.40. The molecule has 0 saturated heterocycles. The van der Waals surface area contributed by atoms with Crippen LogP contribution in [0.25, 0.3) is 6.08 Å². The minimum atomic E-state index is -0.263. The molecule has 1 N–H and O–H groups in total. The zero-order chi connectivity index (χ0) is 21.0. The number of benzene rings is 2. The Morgan fingerprint density at radius 3 is 2.34 bits per heavy atom. The molecule has 6 nitrogen and oxygen atoms in total. The molecule has 0 saturated carbocycles. The van der Waals surface area contributed by atoms with Crippen LogP contribution in [0.4, 0.5) is 0 Å². The number of fused-ring (bicyclic) bond motifs is 1. The van der Waals surface area contributed by atoms with Crippen molar-refractivity contribution in [3.63, 3.8) is 0 Å². The van der Waals surface area contributed by atoms with Crippen molar-refractivity contribution >= 4 is 11.9 Å². The van der Waals surface area contributed by atoms with Crippen molar-refractivity contribution in [2.45, 2.75) is 26.3 Å². The number of phenols is 1. The third-order valence-electron chi connectivity index (χ3n) is 4.79. The largest absolute Gasteiger partial charge is 0.507 e. The molecule has 1 aliphatic rings. The molecule has 0 radical (unpaired) electrons. The highest BCUT2D eigenvalue weighted by molar-refractivity contribution is 6.15. The first-order valence-corrected chi connectivity index (χ1v) is 9.30. The quantitative estimate of drug-likeness (QED) is 0.595. The molecule has 0 amide bonds. The molecule has 0 atom stereocenters. The number of carbonyl (C=O) groups is 1. The predicted octanol–water partition coefficient (Wildman–Crippen LogP) is 3.98. The lowest BCUT2D eigenvalue weighted by Crippen LogP contribution is -2.24. The molecule has 3 rings (SSSR count). The van der Waals surface area contributed by atoms with Gasteiger partial charge in [-0.2, -0.15) is 10.5 Å². The molecule has 2 aromatic carbocycles. The zero-order valence-corrected chi connectivity index (χ0v) is 16.3. The van der Waals surface area contributed by atoms with Crippen molar-refractivity contribution in [2.24, 2.45) is 0 Å². The highest BCUT2D eigenvalue weighted by Gasteiger charge is 2.31. The number of ether oxygens (including phenoxy) is 1. The lowest BCUT2D eigenvalue weighted by Gasteiger charge is -2.17. The average Bonchev–Trinajstić information content (AvgIpc) is 3.00. The van der Waals surface area contributed by atoms with Crippen LogP contribution in [0.3, 0.4) is 0 Å². The highest BCUT2D eigenvalue weighted by atomic mass is 16.5. The Balaban J connectivity index is 1.92. The van der Waals surface area contributed by atoms with Gasteiger partial charge in [0.2, 0.25) is 5.78 Å². The van der Waals surface area contributed by atoms with Crippen LogP contribution in [0, 0.1) is 22.7 Å². The summed E-state index contributed by atoms with van der Waals surface area (Å²) in [5, 5.41) is 28.2. The first-order valence-electron chi connectivity index (χ1n) is 9.30. The number of carbonyl (C=O) groups excluding carboxylic acids is 1. The third-order valence-corrected chi connectivity index (χ3v) is 4.79. The van der Waals surface area contributed by atoms with E-state index >= 15 is 0 Å². The van der Waals surface area contributed by atoms with E-state index in [2.05, 4.69) is 13.8 Å². The number of aromatic hydroxyl groups is 1. The number of ketones is 1. The second kappa shape index (κ2) is 8.60. The number of hydrogen-bond donors (Lipinski definition) is 1. The summed E-state index contributed by atoms with van der Waals surface area (Å²) in [6.07, 6.45) is 1.68. The Morgan fingerprint density at radius 2 is 1.76 bits per heavy atom. The van der Waals surface area contributed by atoms with Gasteiger partial charge in [-0.3, -0.25) is 9.69 Å². The van der Waals surface area contributed by atoms with Crippen molar-refractivity contribution in [1.82, 2.24) is 4.90 Å². The van der Waals surface area contributed by atoms with E-state index in [0.29, 0.717) is 17.0 Å². The predicted molar refractivity (Wildman–Crippen MR) is 108 cm³/mol. The van der Waals surface area contributed by atoms with Gasteiger partial charge in [-0.1, -0.05) is 38.1 Å². The van der Waals surface area contributed by atoms with Crippen LogP contribution in [0.2, 0.25) is 0 Å². The van der Waals surface area contributed by atoms with E-state index in [4.69, 9.17) is 15.3 Å². The SMILES string of the molecule is CC(C)c1ccc(/C=C2/Oc3c(ccc(O)c3CN(CC#N)CC#N)C2=O)cc1. The second-order valence-electron chi connectivity index (χ2n) is 7.16. The molecule has 0 aromatic heterocycles. The summed E-state index contributed by atoms with van der Waals surface area (Å²) in [5.41, 5.74) is 2.79. The van der Waals surface area contributed by atoms with E-state index in [9.17, 15) is 9.90 Å². The molecular formula is C23H21N3O3. The number of hydrogen-bond acceptors (Lipinski definition) is 6. The van der Waals surface area contributed by atoms with Gasteiger partial charge in [-0.15, -0.1) is 0 Å². The first kappa shape index (κ1) is 20.1. The first-order chi connectivity index (χ1) is 13.9. The smallest absolute Gasteiger partial charge is 0.231 e. The summed E-state index contributed by atoms with van der Waals surface area (Å²) >= 11 is 0. The number of nitrogens with zero attached hydrogens (tertiary/aromatic N) is 3. The Labute approximate surface area is 169 Å². The molecule has 0 fully saturated rings. The van der Waals surface area contributed by atoms with Crippen LogP contribution < -0.4 is 4.74 Å². The van der Waals surface area contributed by atoms with Crippen LogP contribution in [-0.2, 0) is 6.54 Å². The maximum atomic E-state index is 12.8. The van der Waals surface area contributed by atoms with Crippen LogP contribution in [0.15, 0.2) is 42.2 Å². The number of Topliss-reactive ketones (excluding diaryl/α,β-unsaturated/α-hetero) is 1. The molecule has 0 bridgehead atoms. The van der Waals surface area contributed by atoms with Gasteiger partial charge in [-0.25, -0.2) is 0 Å². The van der Waals surface area contributed by atoms with Gasteiger partial charge in [0.1, 0.15) is 11.5 Å². The standard InChI is InChI=1S/C23H21N3O3/c1-15(2)17-5-3-16(4-6-17)13-21-22(28)18-7-8-20(27)19(23(18)29-21)14-26(11-9-24)12-10-25/h3-8,13,15,27H,11-12,14H2,1-2H3/b21-13+. The van der Waals surface area contributed by atoms with Crippen molar-refractivity contribution < 1.29 is 14.6 Å². The van der Waals surface area contributed by atoms with Crippen LogP contribution in [-0.4, -0.2) is 28.9 Å². The van der Waals surface area contributed by atoms with Gasteiger partial charge in [0.25, 0.3) is 0 Å². The topological polar surface area (TPSA) is 97.3 Å². The zero-order valence-electron chi connectivity index (χ0n) is 16.3. The Hall–Kier alpha value is -3.61. The van der Waals surface area contributed by atoms with E-state index < -0.39 is 0 Å². The van der Waals surface area contributed by atoms with E-state index in [-0.39, 0.29) is 42.7 Å². The number of allylic oxidation sites excluding steroid dienone is 1. The van der Waals surface area contributed by atoms with Gasteiger partial charge in [0.05, 0.1) is 36.4 Å². The summed E-state index contributed by atoms with van der Waals surface area (Å²) in [7, 11) is 0. The normalized spacial score (nSPS) is 14.0. The Kier molecular flexibility index (Phi) is 5.97. The number of nitriles is 2. The van der Waals surface area contributed by atoms with Gasteiger partial charge in [0.15, 0.2) is 5.76 Å². The maximum Gasteiger partial charge on any atom is 0.231 e. The van der Waals surface area contributed by atoms with Crippen molar-refractivity contribution in [3.8, 4) is 23.6 Å². The van der Waals surface area contributed by atoms with Crippen molar-refractivity contribution in [3.05, 3.63) is 64.4 Å². The molecule has 146 valence electrons. The minimum Gasteiger partial charge on any atom is -0.507 e. The molecule has 0 unspecified atom stereocenters. The summed E-state index contributed by atoms with van der Waals surface area (Å²) in [6.45, 7) is 4.40. The molecular weight excluding hydrogens is 366 g/mol. The number of phenolic OH excluding ortho intramolecular Hbond substituents is 1. The molecule has 6 heteroatoms. The molecule has 1 aliphatic heterocycles. The molecule has 2 aromatic rings. The summed E-state index contributed by atoms with van der Waals surface area (Å²) in [6, 6.07) is 14.9. The minimum absolute atomic E-state index is 0.0233. The fraction of sp³-hybridized carbons (Fsp3) is 0.261. The van der Waals surface area contributed by atoms with Crippen LogP contribution in [0.5, 0.6) is 11.5 Å². The van der Waals surface area contributed by atoms with Crippen molar-refractivity contribution in [2.75, 3.05) is 13.1 Å². The van der Waals surface area contributed by atoms with Gasteiger partial charge in [-0.05, 0) is 35.3 Å². The monoisotopic (exact) mass is 387 g/mol. The fourth-order valence-corrected chi connectivity index (χ4v) is 3.17. The second-order valence-corrected chi connectivity index (χ2v) is 7.16. The maximum absolute atomic E-state index is 12.8. The van der Waals surface area contributed by atoms with E-state index in [1.807, 2.05) is 36.4 Å².